The molecule has 0 spiro atoms. The van der Waals surface area contributed by atoms with E-state index in [9.17, 15) is 9.59 Å². The van der Waals surface area contributed by atoms with Crippen molar-refractivity contribution in [1.82, 2.24) is 10.2 Å². The van der Waals surface area contributed by atoms with Crippen molar-refractivity contribution in [3.63, 3.8) is 0 Å². The van der Waals surface area contributed by atoms with E-state index in [0.717, 1.165) is 16.7 Å². The largest absolute Gasteiger partial charge is 0.484 e. The molecule has 0 aromatic heterocycles. The summed E-state index contributed by atoms with van der Waals surface area (Å²) >= 11 is 12.4. The molecule has 3 aromatic carbocycles. The smallest absolute Gasteiger partial charge is 0.261 e. The lowest BCUT2D eigenvalue weighted by Crippen LogP contribution is -2.55. The molecule has 3 rings (SSSR count). The summed E-state index contributed by atoms with van der Waals surface area (Å²) in [5.74, 6) is 0.0732. The molecule has 1 unspecified atom stereocenters. The molecule has 0 aliphatic heterocycles. The number of halogens is 2. The summed E-state index contributed by atoms with van der Waals surface area (Å²) in [6.07, 6.45) is 0.347. The molecule has 0 aliphatic carbocycles. The molecule has 1 N–H and O–H groups in total. The highest BCUT2D eigenvalue weighted by Crippen LogP contribution is 2.25. The summed E-state index contributed by atoms with van der Waals surface area (Å²) in [5.41, 5.74) is 2.16. The van der Waals surface area contributed by atoms with Crippen LogP contribution in [0.5, 0.6) is 5.75 Å². The summed E-state index contributed by atoms with van der Waals surface area (Å²) in [7, 11) is 0. The molecule has 5 nitrogen and oxygen atoms in total. The lowest BCUT2D eigenvalue weighted by molar-refractivity contribution is -0.143. The first-order valence-corrected chi connectivity index (χ1v) is 12.6. The number of rotatable bonds is 9. The van der Waals surface area contributed by atoms with Crippen molar-refractivity contribution in [1.29, 1.82) is 0 Å². The summed E-state index contributed by atoms with van der Waals surface area (Å²) in [6.45, 7) is 7.62. The minimum atomic E-state index is -0.769. The van der Waals surface area contributed by atoms with Gasteiger partial charge in [0.25, 0.3) is 5.91 Å². The molecule has 2 amide bonds. The number of benzene rings is 3. The van der Waals surface area contributed by atoms with E-state index in [2.05, 4.69) is 5.32 Å². The van der Waals surface area contributed by atoms with Gasteiger partial charge in [-0.1, -0.05) is 77.8 Å². The van der Waals surface area contributed by atoms with Crippen LogP contribution in [0.3, 0.4) is 0 Å². The number of aryl methyl sites for hydroxylation is 1. The number of carbonyl (C=O) groups is 2. The van der Waals surface area contributed by atoms with Gasteiger partial charge in [-0.3, -0.25) is 9.59 Å². The third kappa shape index (κ3) is 8.00. The van der Waals surface area contributed by atoms with Gasteiger partial charge in [-0.15, -0.1) is 0 Å². The van der Waals surface area contributed by atoms with Gasteiger partial charge in [-0.05, 0) is 62.6 Å². The van der Waals surface area contributed by atoms with E-state index >= 15 is 0 Å². The molecule has 3 aromatic rings. The third-order valence-corrected chi connectivity index (χ3v) is 6.29. The summed E-state index contributed by atoms with van der Waals surface area (Å²) < 4.78 is 5.87. The van der Waals surface area contributed by atoms with Crippen molar-refractivity contribution in [2.24, 2.45) is 0 Å². The number of amides is 2. The van der Waals surface area contributed by atoms with Crippen molar-refractivity contribution in [2.45, 2.75) is 52.2 Å². The molecule has 190 valence electrons. The Morgan fingerprint density at radius 3 is 2.22 bits per heavy atom. The Morgan fingerprint density at radius 1 is 0.917 bits per heavy atom. The van der Waals surface area contributed by atoms with Crippen LogP contribution in [0.25, 0.3) is 0 Å². The minimum Gasteiger partial charge on any atom is -0.484 e. The maximum atomic E-state index is 13.6. The predicted molar refractivity (Wildman–Crippen MR) is 146 cm³/mol. The molecule has 36 heavy (non-hydrogen) atoms. The van der Waals surface area contributed by atoms with E-state index in [1.807, 2.05) is 82.3 Å². The van der Waals surface area contributed by atoms with E-state index in [1.165, 1.54) is 0 Å². The van der Waals surface area contributed by atoms with E-state index in [0.29, 0.717) is 22.2 Å². The summed E-state index contributed by atoms with van der Waals surface area (Å²) in [6, 6.07) is 21.6. The van der Waals surface area contributed by atoms with Gasteiger partial charge in [-0.2, -0.15) is 0 Å². The molecule has 0 radical (unpaired) electrons. The first-order valence-electron chi connectivity index (χ1n) is 11.8. The van der Waals surface area contributed by atoms with Crippen LogP contribution in [0.15, 0.2) is 72.8 Å². The highest BCUT2D eigenvalue weighted by molar-refractivity contribution is 6.42. The molecular formula is C29H32Cl2N2O3. The van der Waals surface area contributed by atoms with Crippen molar-refractivity contribution in [3.05, 3.63) is 99.5 Å². The first-order chi connectivity index (χ1) is 17.0. The minimum absolute atomic E-state index is 0.169. The first kappa shape index (κ1) is 27.6. The molecule has 7 heteroatoms. The molecule has 0 aliphatic rings. The Kier molecular flexibility index (Phi) is 9.41. The lowest BCUT2D eigenvalue weighted by Gasteiger charge is -2.34. The predicted octanol–water partition coefficient (Wildman–Crippen LogP) is 6.24. The maximum Gasteiger partial charge on any atom is 0.261 e. The number of nitrogens with zero attached hydrogens (tertiary/aromatic N) is 1. The molecule has 1 atom stereocenters. The van der Waals surface area contributed by atoms with Crippen molar-refractivity contribution in [2.75, 3.05) is 6.61 Å². The van der Waals surface area contributed by atoms with E-state index in [-0.39, 0.29) is 25.0 Å². The molecule has 0 saturated heterocycles. The summed E-state index contributed by atoms with van der Waals surface area (Å²) in [5, 5.41) is 3.85. The van der Waals surface area contributed by atoms with Crippen molar-refractivity contribution >= 4 is 35.0 Å². The fraction of sp³-hybridized carbons (Fsp3) is 0.310. The zero-order valence-corrected chi connectivity index (χ0v) is 22.6. The number of hydrogen-bond donors (Lipinski definition) is 1. The van der Waals surface area contributed by atoms with Crippen LogP contribution in [0.1, 0.15) is 37.5 Å². The quantitative estimate of drug-likeness (QED) is 0.359. The Hall–Kier alpha value is -3.02. The zero-order valence-electron chi connectivity index (χ0n) is 21.1. The zero-order chi connectivity index (χ0) is 26.3. The number of ether oxygens (including phenoxy) is 1. The van der Waals surface area contributed by atoms with Crippen LogP contribution < -0.4 is 10.1 Å². The second kappa shape index (κ2) is 12.3. The molecule has 0 fully saturated rings. The van der Waals surface area contributed by atoms with Gasteiger partial charge in [0.15, 0.2) is 6.61 Å². The fourth-order valence-electron chi connectivity index (χ4n) is 3.78. The number of carbonyl (C=O) groups excluding carboxylic acids is 2. The van der Waals surface area contributed by atoms with Gasteiger partial charge in [0.05, 0.1) is 10.0 Å². The fourth-order valence-corrected chi connectivity index (χ4v) is 4.10. The molecule has 0 bridgehead atoms. The van der Waals surface area contributed by atoms with Crippen LogP contribution in [-0.4, -0.2) is 34.9 Å². The Morgan fingerprint density at radius 2 is 1.58 bits per heavy atom. The summed E-state index contributed by atoms with van der Waals surface area (Å²) in [4.78, 5) is 28.8. The van der Waals surface area contributed by atoms with Gasteiger partial charge in [0.1, 0.15) is 11.8 Å². The van der Waals surface area contributed by atoms with Gasteiger partial charge in [0, 0.05) is 18.5 Å². The van der Waals surface area contributed by atoms with E-state index in [1.54, 1.807) is 23.1 Å². The van der Waals surface area contributed by atoms with E-state index in [4.69, 9.17) is 27.9 Å². The van der Waals surface area contributed by atoms with Crippen LogP contribution in [-0.2, 0) is 22.6 Å². The molecule has 0 heterocycles. The second-order valence-corrected chi connectivity index (χ2v) is 10.6. The van der Waals surface area contributed by atoms with Gasteiger partial charge < -0.3 is 15.0 Å². The molecular weight excluding hydrogens is 495 g/mol. The van der Waals surface area contributed by atoms with Crippen molar-refractivity contribution in [3.8, 4) is 5.75 Å². The standard InChI is InChI=1S/C29H32Cl2N2O3/c1-20-10-8-9-13-26(20)36-19-27(34)33(18-22-14-15-23(30)24(31)16-22)25(28(35)32-29(2,3)4)17-21-11-6-5-7-12-21/h5-16,25H,17-19H2,1-4H3,(H,32,35). The monoisotopic (exact) mass is 526 g/mol. The van der Waals surface area contributed by atoms with Crippen LogP contribution in [0.2, 0.25) is 10.0 Å². The van der Waals surface area contributed by atoms with Crippen LogP contribution >= 0.6 is 23.2 Å². The van der Waals surface area contributed by atoms with Crippen molar-refractivity contribution < 1.29 is 14.3 Å². The maximum absolute atomic E-state index is 13.6. The average Bonchev–Trinajstić information content (AvgIpc) is 2.82. The van der Waals surface area contributed by atoms with Crippen LogP contribution in [0.4, 0.5) is 0 Å². The SMILES string of the molecule is Cc1ccccc1OCC(=O)N(Cc1ccc(Cl)c(Cl)c1)C(Cc1ccccc1)C(=O)NC(C)(C)C. The highest BCUT2D eigenvalue weighted by Gasteiger charge is 2.32. The second-order valence-electron chi connectivity index (χ2n) is 9.77. The topological polar surface area (TPSA) is 58.6 Å². The Bertz CT molecular complexity index is 1190. The Balaban J connectivity index is 1.96. The van der Waals surface area contributed by atoms with Crippen LogP contribution in [0, 0.1) is 6.92 Å². The normalized spacial score (nSPS) is 12.1. The number of hydrogen-bond acceptors (Lipinski definition) is 3. The number of nitrogens with one attached hydrogen (secondary N) is 1. The lowest BCUT2D eigenvalue weighted by atomic mass is 10.0. The Labute approximate surface area is 223 Å². The van der Waals surface area contributed by atoms with Gasteiger partial charge in [-0.25, -0.2) is 0 Å². The number of para-hydroxylation sites is 1. The van der Waals surface area contributed by atoms with Gasteiger partial charge in [0.2, 0.25) is 5.91 Å². The highest BCUT2D eigenvalue weighted by atomic mass is 35.5. The average molecular weight is 527 g/mol. The third-order valence-electron chi connectivity index (χ3n) is 5.55. The van der Waals surface area contributed by atoms with E-state index < -0.39 is 11.6 Å². The molecule has 0 saturated carbocycles. The van der Waals surface area contributed by atoms with Gasteiger partial charge >= 0.3 is 0 Å².